The average molecular weight is 175 g/mol. The minimum atomic E-state index is -0.448. The van der Waals surface area contributed by atoms with E-state index in [1.165, 1.54) is 0 Å². The summed E-state index contributed by atoms with van der Waals surface area (Å²) in [6.07, 6.45) is 0. The highest BCUT2D eigenvalue weighted by Gasteiger charge is 2.33. The first-order chi connectivity index (χ1) is 5.79. The van der Waals surface area contributed by atoms with Crippen molar-refractivity contribution in [2.75, 3.05) is 26.4 Å². The predicted octanol–water partition coefficient (Wildman–Crippen LogP) is 0.355. The van der Waals surface area contributed by atoms with E-state index < -0.39 is 6.67 Å². The van der Waals surface area contributed by atoms with Crippen LogP contribution in [-0.4, -0.2) is 32.3 Å². The van der Waals surface area contributed by atoms with E-state index >= 15 is 0 Å². The molecule has 0 aromatic rings. The molecule has 2 atom stereocenters. The molecule has 1 aliphatic heterocycles. The molecule has 0 bridgehead atoms. The van der Waals surface area contributed by atoms with Gasteiger partial charge in [-0.05, 0) is 6.92 Å². The number of esters is 1. The van der Waals surface area contributed by atoms with Crippen LogP contribution in [0.2, 0.25) is 0 Å². The van der Waals surface area contributed by atoms with Crippen LogP contribution in [0.3, 0.4) is 0 Å². The molecule has 4 heteroatoms. The first kappa shape index (κ1) is 9.45. The second-order valence-electron chi connectivity index (χ2n) is 2.93. The smallest absolute Gasteiger partial charge is 0.310 e. The second kappa shape index (κ2) is 4.40. The SMILES string of the molecule is CCOC(=O)[C@@H]1CNC[C@H]1CF. The predicted molar refractivity (Wildman–Crippen MR) is 42.5 cm³/mol. The Hall–Kier alpha value is -0.640. The number of rotatable bonds is 3. The highest BCUT2D eigenvalue weighted by atomic mass is 19.1. The van der Waals surface area contributed by atoms with Crippen LogP contribution in [0.4, 0.5) is 4.39 Å². The standard InChI is InChI=1S/C8H14FNO2/c1-2-12-8(11)7-5-10-4-6(7)3-9/h6-7,10H,2-5H2,1H3/t6-,7-/m1/s1. The van der Waals surface area contributed by atoms with Crippen LogP contribution in [0, 0.1) is 11.8 Å². The third-order valence-corrected chi connectivity index (χ3v) is 2.13. The van der Waals surface area contributed by atoms with Crippen molar-refractivity contribution in [2.45, 2.75) is 6.92 Å². The Morgan fingerprint density at radius 2 is 2.42 bits per heavy atom. The Morgan fingerprint density at radius 1 is 1.67 bits per heavy atom. The number of carbonyl (C=O) groups is 1. The number of halogens is 1. The third-order valence-electron chi connectivity index (χ3n) is 2.13. The molecule has 0 saturated carbocycles. The van der Waals surface area contributed by atoms with E-state index in [-0.39, 0.29) is 17.8 Å². The molecule has 0 amide bonds. The van der Waals surface area contributed by atoms with Gasteiger partial charge >= 0.3 is 5.97 Å². The molecule has 0 aromatic heterocycles. The summed E-state index contributed by atoms with van der Waals surface area (Å²) in [4.78, 5) is 11.2. The zero-order chi connectivity index (χ0) is 8.97. The van der Waals surface area contributed by atoms with Crippen LogP contribution in [-0.2, 0) is 9.53 Å². The van der Waals surface area contributed by atoms with Gasteiger partial charge in [0.15, 0.2) is 0 Å². The van der Waals surface area contributed by atoms with Gasteiger partial charge in [0.25, 0.3) is 0 Å². The summed E-state index contributed by atoms with van der Waals surface area (Å²) in [5.74, 6) is -0.746. The second-order valence-corrected chi connectivity index (χ2v) is 2.93. The van der Waals surface area contributed by atoms with E-state index in [1.807, 2.05) is 0 Å². The molecular formula is C8H14FNO2. The van der Waals surface area contributed by atoms with Gasteiger partial charge in [0.1, 0.15) is 0 Å². The van der Waals surface area contributed by atoms with E-state index in [9.17, 15) is 9.18 Å². The normalized spacial score (nSPS) is 28.8. The van der Waals surface area contributed by atoms with Crippen molar-refractivity contribution < 1.29 is 13.9 Å². The summed E-state index contributed by atoms with van der Waals surface area (Å²) in [6, 6.07) is 0. The summed E-state index contributed by atoms with van der Waals surface area (Å²) < 4.78 is 17.1. The molecule has 0 aliphatic carbocycles. The van der Waals surface area contributed by atoms with Gasteiger partial charge in [-0.3, -0.25) is 9.18 Å². The Bertz CT molecular complexity index is 163. The number of hydrogen-bond donors (Lipinski definition) is 1. The number of hydrogen-bond acceptors (Lipinski definition) is 3. The van der Waals surface area contributed by atoms with Crippen molar-refractivity contribution >= 4 is 5.97 Å². The molecule has 0 radical (unpaired) electrons. The maximum Gasteiger partial charge on any atom is 0.310 e. The summed E-state index contributed by atoms with van der Waals surface area (Å²) in [6.45, 7) is 2.81. The largest absolute Gasteiger partial charge is 0.466 e. The quantitative estimate of drug-likeness (QED) is 0.629. The first-order valence-electron chi connectivity index (χ1n) is 4.23. The molecule has 1 fully saturated rings. The topological polar surface area (TPSA) is 38.3 Å². The third kappa shape index (κ3) is 1.94. The Balaban J connectivity index is 2.43. The summed E-state index contributed by atoms with van der Waals surface area (Å²) in [5.41, 5.74) is 0. The van der Waals surface area contributed by atoms with E-state index in [2.05, 4.69) is 5.32 Å². The molecule has 0 spiro atoms. The summed E-state index contributed by atoms with van der Waals surface area (Å²) in [5, 5.41) is 2.97. The maximum atomic E-state index is 12.3. The zero-order valence-electron chi connectivity index (χ0n) is 7.18. The molecule has 1 saturated heterocycles. The van der Waals surface area contributed by atoms with Gasteiger partial charge in [0.2, 0.25) is 0 Å². The summed E-state index contributed by atoms with van der Waals surface area (Å²) in [7, 11) is 0. The van der Waals surface area contributed by atoms with Gasteiger partial charge in [-0.25, -0.2) is 0 Å². The fourth-order valence-corrected chi connectivity index (χ4v) is 1.42. The van der Waals surface area contributed by atoms with Crippen LogP contribution >= 0.6 is 0 Å². The van der Waals surface area contributed by atoms with Crippen molar-refractivity contribution in [3.05, 3.63) is 0 Å². The summed E-state index contributed by atoms with van der Waals surface area (Å²) >= 11 is 0. The van der Waals surface area contributed by atoms with Gasteiger partial charge in [0.05, 0.1) is 19.2 Å². The lowest BCUT2D eigenvalue weighted by Gasteiger charge is -2.12. The molecule has 1 heterocycles. The van der Waals surface area contributed by atoms with Crippen LogP contribution in [0.5, 0.6) is 0 Å². The highest BCUT2D eigenvalue weighted by molar-refractivity contribution is 5.73. The maximum absolute atomic E-state index is 12.3. The lowest BCUT2D eigenvalue weighted by atomic mass is 9.98. The molecule has 1 N–H and O–H groups in total. The number of ether oxygens (including phenoxy) is 1. The van der Waals surface area contributed by atoms with Crippen molar-refractivity contribution in [3.8, 4) is 0 Å². The molecule has 12 heavy (non-hydrogen) atoms. The average Bonchev–Trinajstić information content (AvgIpc) is 2.51. The van der Waals surface area contributed by atoms with Crippen LogP contribution in [0.25, 0.3) is 0 Å². The number of alkyl halides is 1. The van der Waals surface area contributed by atoms with Gasteiger partial charge in [-0.2, -0.15) is 0 Å². The Morgan fingerprint density at radius 3 is 3.00 bits per heavy atom. The van der Waals surface area contributed by atoms with E-state index in [0.717, 1.165) is 0 Å². The molecular weight excluding hydrogens is 161 g/mol. The molecule has 1 rings (SSSR count). The van der Waals surface area contributed by atoms with Crippen LogP contribution in [0.15, 0.2) is 0 Å². The van der Waals surface area contributed by atoms with Crippen LogP contribution in [0.1, 0.15) is 6.92 Å². The van der Waals surface area contributed by atoms with Gasteiger partial charge in [-0.1, -0.05) is 0 Å². The molecule has 1 aliphatic rings. The zero-order valence-corrected chi connectivity index (χ0v) is 7.18. The van der Waals surface area contributed by atoms with Crippen molar-refractivity contribution in [1.82, 2.24) is 5.32 Å². The lowest BCUT2D eigenvalue weighted by Crippen LogP contribution is -2.26. The fraction of sp³-hybridized carbons (Fsp3) is 0.875. The lowest BCUT2D eigenvalue weighted by molar-refractivity contribution is -0.148. The molecule has 0 unspecified atom stereocenters. The van der Waals surface area contributed by atoms with Gasteiger partial charge in [-0.15, -0.1) is 0 Å². The van der Waals surface area contributed by atoms with Crippen LogP contribution < -0.4 is 5.32 Å². The molecule has 3 nitrogen and oxygen atoms in total. The molecule has 70 valence electrons. The van der Waals surface area contributed by atoms with Gasteiger partial charge in [0, 0.05) is 19.0 Å². The Kier molecular flexibility index (Phi) is 3.47. The number of carbonyl (C=O) groups excluding carboxylic acids is 1. The van der Waals surface area contributed by atoms with Crippen molar-refractivity contribution in [3.63, 3.8) is 0 Å². The van der Waals surface area contributed by atoms with E-state index in [4.69, 9.17) is 4.74 Å². The molecule has 0 aromatic carbocycles. The minimum Gasteiger partial charge on any atom is -0.466 e. The van der Waals surface area contributed by atoms with Crippen molar-refractivity contribution in [1.29, 1.82) is 0 Å². The Labute approximate surface area is 71.3 Å². The monoisotopic (exact) mass is 175 g/mol. The fourth-order valence-electron chi connectivity index (χ4n) is 1.42. The van der Waals surface area contributed by atoms with Crippen molar-refractivity contribution in [2.24, 2.45) is 11.8 Å². The van der Waals surface area contributed by atoms with E-state index in [0.29, 0.717) is 19.7 Å². The minimum absolute atomic E-state index is 0.191. The highest BCUT2D eigenvalue weighted by Crippen LogP contribution is 2.18. The van der Waals surface area contributed by atoms with Gasteiger partial charge < -0.3 is 10.1 Å². The van der Waals surface area contributed by atoms with E-state index in [1.54, 1.807) is 6.92 Å². The first-order valence-corrected chi connectivity index (χ1v) is 4.23. The number of nitrogens with one attached hydrogen (secondary N) is 1.